The molecule has 0 aliphatic rings. The summed E-state index contributed by atoms with van der Waals surface area (Å²) in [6.45, 7) is -1.75. The van der Waals surface area contributed by atoms with Gasteiger partial charge in [0.15, 0.2) is 0 Å². The summed E-state index contributed by atoms with van der Waals surface area (Å²) in [5, 5.41) is 0. The van der Waals surface area contributed by atoms with Crippen molar-refractivity contribution in [3.8, 4) is 5.75 Å². The van der Waals surface area contributed by atoms with Crippen LogP contribution in [0.2, 0.25) is 0 Å². The average molecular weight is 264 g/mol. The van der Waals surface area contributed by atoms with Crippen molar-refractivity contribution in [3.05, 3.63) is 29.3 Å². The molecule has 0 aromatic heterocycles. The molecule has 17 heavy (non-hydrogen) atoms. The van der Waals surface area contributed by atoms with Crippen LogP contribution in [0.4, 0.5) is 30.7 Å². The van der Waals surface area contributed by atoms with E-state index in [0.717, 1.165) is 7.11 Å². The van der Waals surface area contributed by atoms with Gasteiger partial charge in [0.05, 0.1) is 7.11 Å². The summed E-state index contributed by atoms with van der Waals surface area (Å²) in [5.74, 6) is -3.67. The molecule has 0 radical (unpaired) electrons. The first-order valence-electron chi connectivity index (χ1n) is 4.00. The van der Waals surface area contributed by atoms with Gasteiger partial charge in [-0.1, -0.05) is 0 Å². The molecule has 0 aliphatic heterocycles. The van der Waals surface area contributed by atoms with Gasteiger partial charge in [-0.05, 0) is 0 Å². The standard InChI is InChI=1S/C8H5F5O.CH2F2/c1-14-4-2-5(9)7(6(10)3-4)8(11,12)13;2-1-3/h2-3H,1H3;1H2. The molecule has 1 aromatic rings. The summed E-state index contributed by atoms with van der Waals surface area (Å²) >= 11 is 0. The Kier molecular flexibility index (Phi) is 5.77. The number of methoxy groups -OCH3 is 1. The number of alkyl halides is 5. The van der Waals surface area contributed by atoms with Gasteiger partial charge in [0, 0.05) is 12.1 Å². The van der Waals surface area contributed by atoms with Crippen molar-refractivity contribution in [3.63, 3.8) is 0 Å². The van der Waals surface area contributed by atoms with Gasteiger partial charge in [0.2, 0.25) is 6.93 Å². The summed E-state index contributed by atoms with van der Waals surface area (Å²) in [5.41, 5.74) is -1.90. The number of rotatable bonds is 1. The molecular weight excluding hydrogens is 257 g/mol. The Balaban J connectivity index is 0.000000770. The number of ether oxygens (including phenoxy) is 1. The largest absolute Gasteiger partial charge is 0.497 e. The third-order valence-corrected chi connectivity index (χ3v) is 1.53. The normalized spacial score (nSPS) is 10.6. The van der Waals surface area contributed by atoms with E-state index < -0.39 is 30.3 Å². The predicted molar refractivity (Wildman–Crippen MR) is 45.0 cm³/mol. The molecule has 0 amide bonds. The Morgan fingerprint density at radius 2 is 1.41 bits per heavy atom. The average Bonchev–Trinajstić information content (AvgIpc) is 2.15. The molecule has 0 saturated heterocycles. The second kappa shape index (κ2) is 6.31. The number of hydrogen-bond acceptors (Lipinski definition) is 1. The number of hydrogen-bond donors (Lipinski definition) is 0. The summed E-state index contributed by atoms with van der Waals surface area (Å²) in [6.07, 6.45) is -5.04. The molecule has 0 saturated carbocycles. The molecule has 0 aliphatic carbocycles. The number of halogens is 7. The van der Waals surface area contributed by atoms with Crippen molar-refractivity contribution in [2.24, 2.45) is 0 Å². The van der Waals surface area contributed by atoms with E-state index in [1.165, 1.54) is 0 Å². The van der Waals surface area contributed by atoms with Crippen molar-refractivity contribution in [2.75, 3.05) is 14.0 Å². The van der Waals surface area contributed by atoms with E-state index in [2.05, 4.69) is 4.74 Å². The van der Waals surface area contributed by atoms with Crippen LogP contribution in [0.25, 0.3) is 0 Å². The Morgan fingerprint density at radius 3 is 1.65 bits per heavy atom. The first kappa shape index (κ1) is 15.5. The molecule has 8 heteroatoms. The molecule has 1 aromatic carbocycles. The van der Waals surface area contributed by atoms with Crippen LogP contribution in [0, 0.1) is 11.6 Å². The highest BCUT2D eigenvalue weighted by atomic mass is 19.4. The van der Waals surface area contributed by atoms with Crippen LogP contribution < -0.4 is 4.74 Å². The van der Waals surface area contributed by atoms with Gasteiger partial charge in [-0.2, -0.15) is 13.2 Å². The third-order valence-electron chi connectivity index (χ3n) is 1.53. The molecule has 0 heterocycles. The summed E-state index contributed by atoms with van der Waals surface area (Å²) in [6, 6.07) is 0.956. The van der Waals surface area contributed by atoms with Crippen molar-refractivity contribution >= 4 is 0 Å². The third kappa shape index (κ3) is 4.49. The molecule has 0 spiro atoms. The zero-order valence-electron chi connectivity index (χ0n) is 8.42. The summed E-state index contributed by atoms with van der Waals surface area (Å²) in [7, 11) is 1.10. The van der Waals surface area contributed by atoms with Gasteiger partial charge >= 0.3 is 6.18 Å². The minimum atomic E-state index is -5.04. The second-order valence-electron chi connectivity index (χ2n) is 2.56. The minimum Gasteiger partial charge on any atom is -0.497 e. The van der Waals surface area contributed by atoms with E-state index >= 15 is 0 Å². The second-order valence-corrected chi connectivity index (χ2v) is 2.56. The van der Waals surface area contributed by atoms with Crippen LogP contribution in [0.1, 0.15) is 5.56 Å². The molecule has 0 unspecified atom stereocenters. The van der Waals surface area contributed by atoms with Crippen LogP contribution in [0.5, 0.6) is 5.75 Å². The van der Waals surface area contributed by atoms with E-state index in [-0.39, 0.29) is 5.75 Å². The van der Waals surface area contributed by atoms with Crippen molar-refractivity contribution in [1.29, 1.82) is 0 Å². The maximum absolute atomic E-state index is 12.8. The fourth-order valence-corrected chi connectivity index (χ4v) is 0.939. The molecule has 0 N–H and O–H groups in total. The fraction of sp³-hybridized carbons (Fsp3) is 0.333. The topological polar surface area (TPSA) is 9.23 Å². The van der Waals surface area contributed by atoms with Gasteiger partial charge < -0.3 is 4.74 Å². The zero-order valence-corrected chi connectivity index (χ0v) is 8.42. The highest BCUT2D eigenvalue weighted by Gasteiger charge is 2.37. The van der Waals surface area contributed by atoms with E-state index in [4.69, 9.17) is 0 Å². The van der Waals surface area contributed by atoms with E-state index in [1.807, 2.05) is 0 Å². The molecule has 1 rings (SSSR count). The Hall–Kier alpha value is -1.47. The van der Waals surface area contributed by atoms with Gasteiger partial charge in [0.1, 0.15) is 22.9 Å². The van der Waals surface area contributed by atoms with Gasteiger partial charge in [0.25, 0.3) is 0 Å². The SMILES string of the molecule is COc1cc(F)c(C(F)(F)F)c(F)c1.FCF. The highest BCUT2D eigenvalue weighted by molar-refractivity contribution is 5.32. The van der Waals surface area contributed by atoms with Crippen molar-refractivity contribution < 1.29 is 35.5 Å². The molecule has 98 valence electrons. The van der Waals surface area contributed by atoms with Crippen LogP contribution in [-0.2, 0) is 6.18 Å². The lowest BCUT2D eigenvalue weighted by molar-refractivity contribution is -0.142. The Bertz CT molecular complexity index is 338. The van der Waals surface area contributed by atoms with Crippen LogP contribution in [0.15, 0.2) is 12.1 Å². The summed E-state index contributed by atoms with van der Waals surface area (Å²) in [4.78, 5) is 0. The Morgan fingerprint density at radius 1 is 1.06 bits per heavy atom. The smallest absolute Gasteiger partial charge is 0.422 e. The van der Waals surface area contributed by atoms with Crippen molar-refractivity contribution in [2.45, 2.75) is 6.18 Å². The maximum Gasteiger partial charge on any atom is 0.422 e. The molecule has 0 fully saturated rings. The van der Waals surface area contributed by atoms with Gasteiger partial charge in [-0.25, -0.2) is 17.6 Å². The summed E-state index contributed by atoms with van der Waals surface area (Å²) < 4.78 is 85.2. The zero-order chi connectivity index (χ0) is 13.6. The van der Waals surface area contributed by atoms with Crippen molar-refractivity contribution in [1.82, 2.24) is 0 Å². The van der Waals surface area contributed by atoms with Gasteiger partial charge in [-0.15, -0.1) is 0 Å². The van der Waals surface area contributed by atoms with Crippen LogP contribution in [-0.4, -0.2) is 14.0 Å². The Labute approximate surface area is 91.8 Å². The first-order valence-corrected chi connectivity index (χ1v) is 4.00. The monoisotopic (exact) mass is 264 g/mol. The molecular formula is C9H7F7O. The minimum absolute atomic E-state index is 0.298. The lowest BCUT2D eigenvalue weighted by atomic mass is 10.2. The quantitative estimate of drug-likeness (QED) is 0.699. The first-order chi connectivity index (χ1) is 7.77. The maximum atomic E-state index is 12.8. The van der Waals surface area contributed by atoms with Crippen LogP contribution >= 0.6 is 0 Å². The predicted octanol–water partition coefficient (Wildman–Crippen LogP) is 3.88. The lowest BCUT2D eigenvalue weighted by Crippen LogP contribution is -2.11. The fourth-order valence-electron chi connectivity index (χ4n) is 0.939. The van der Waals surface area contributed by atoms with Crippen LogP contribution in [0.3, 0.4) is 0 Å². The van der Waals surface area contributed by atoms with E-state index in [1.54, 1.807) is 0 Å². The number of benzene rings is 1. The highest BCUT2D eigenvalue weighted by Crippen LogP contribution is 2.35. The lowest BCUT2D eigenvalue weighted by Gasteiger charge is -2.10. The van der Waals surface area contributed by atoms with Gasteiger partial charge in [-0.3, -0.25) is 0 Å². The molecule has 1 nitrogen and oxygen atoms in total. The molecule has 0 atom stereocenters. The van der Waals surface area contributed by atoms with E-state index in [9.17, 15) is 30.7 Å². The van der Waals surface area contributed by atoms with E-state index in [0.29, 0.717) is 12.1 Å². The molecule has 0 bridgehead atoms.